The average Bonchev–Trinajstić information content (AvgIpc) is 2.43. The molecule has 1 aliphatic heterocycles. The van der Waals surface area contributed by atoms with E-state index in [1.807, 2.05) is 13.8 Å². The molecule has 0 spiro atoms. The van der Waals surface area contributed by atoms with Gasteiger partial charge < -0.3 is 10.4 Å². The number of hydrogen-bond acceptors (Lipinski definition) is 3. The van der Waals surface area contributed by atoms with Crippen molar-refractivity contribution in [3.8, 4) is 0 Å². The highest BCUT2D eigenvalue weighted by atomic mass is 35.5. The molecule has 1 fully saturated rings. The largest absolute Gasteiger partial charge is 0.396 e. The molecule has 1 aliphatic rings. The molecule has 3 nitrogen and oxygen atoms in total. The molecule has 0 unspecified atom stereocenters. The van der Waals surface area contributed by atoms with Crippen LogP contribution < -0.4 is 5.32 Å². The maximum Gasteiger partial charge on any atom is 0.129 e. The van der Waals surface area contributed by atoms with Gasteiger partial charge in [-0.15, -0.1) is 12.4 Å². The number of hydrogen-bond donors (Lipinski definition) is 2. The molecule has 0 aliphatic carbocycles. The van der Waals surface area contributed by atoms with E-state index in [0.717, 1.165) is 26.2 Å². The second-order valence-electron chi connectivity index (χ2n) is 6.00. The summed E-state index contributed by atoms with van der Waals surface area (Å²) in [5.41, 5.74) is 0.182. The summed E-state index contributed by atoms with van der Waals surface area (Å²) in [4.78, 5) is 2.24. The summed E-state index contributed by atoms with van der Waals surface area (Å²) in [5, 5.41) is 13.4. The molecule has 0 radical (unpaired) electrons. The van der Waals surface area contributed by atoms with Crippen molar-refractivity contribution < 1.29 is 9.50 Å². The molecule has 1 atom stereocenters. The number of piperazine rings is 1. The minimum Gasteiger partial charge on any atom is -0.396 e. The second-order valence-corrected chi connectivity index (χ2v) is 6.44. The van der Waals surface area contributed by atoms with Crippen LogP contribution in [0.3, 0.4) is 0 Å². The van der Waals surface area contributed by atoms with Crippen molar-refractivity contribution in [1.29, 1.82) is 0 Å². The van der Waals surface area contributed by atoms with E-state index >= 15 is 0 Å². The summed E-state index contributed by atoms with van der Waals surface area (Å²) in [5.74, 6) is -0.303. The Labute approximate surface area is 136 Å². The van der Waals surface area contributed by atoms with Crippen LogP contribution in [0, 0.1) is 11.2 Å². The molecule has 2 N–H and O–H groups in total. The third kappa shape index (κ3) is 4.30. The highest BCUT2D eigenvalue weighted by molar-refractivity contribution is 6.30. The van der Waals surface area contributed by atoms with Crippen LogP contribution in [0.5, 0.6) is 0 Å². The number of rotatable bonds is 4. The van der Waals surface area contributed by atoms with Crippen molar-refractivity contribution in [1.82, 2.24) is 10.2 Å². The quantitative estimate of drug-likeness (QED) is 0.887. The minimum absolute atomic E-state index is 0. The van der Waals surface area contributed by atoms with Gasteiger partial charge in [-0.2, -0.15) is 0 Å². The summed E-state index contributed by atoms with van der Waals surface area (Å²) < 4.78 is 14.3. The van der Waals surface area contributed by atoms with Crippen molar-refractivity contribution in [2.75, 3.05) is 32.8 Å². The van der Waals surface area contributed by atoms with Gasteiger partial charge in [0.2, 0.25) is 0 Å². The first-order valence-corrected chi connectivity index (χ1v) is 7.34. The van der Waals surface area contributed by atoms with E-state index < -0.39 is 5.41 Å². The van der Waals surface area contributed by atoms with Crippen LogP contribution in [0.1, 0.15) is 25.5 Å². The van der Waals surface area contributed by atoms with Crippen molar-refractivity contribution in [2.24, 2.45) is 5.41 Å². The smallest absolute Gasteiger partial charge is 0.129 e. The van der Waals surface area contributed by atoms with Gasteiger partial charge in [0.15, 0.2) is 0 Å². The van der Waals surface area contributed by atoms with Crippen LogP contribution in [0.2, 0.25) is 5.02 Å². The Hall–Kier alpha value is -0.390. The molecule has 21 heavy (non-hydrogen) atoms. The number of nitrogens with zero attached hydrogens (tertiary/aromatic N) is 1. The Morgan fingerprint density at radius 2 is 2.00 bits per heavy atom. The van der Waals surface area contributed by atoms with Crippen LogP contribution in [0.15, 0.2) is 18.2 Å². The van der Waals surface area contributed by atoms with Crippen LogP contribution in [-0.4, -0.2) is 42.8 Å². The Balaban J connectivity index is 0.00000220. The fraction of sp³-hybridized carbons (Fsp3) is 0.600. The first-order valence-electron chi connectivity index (χ1n) is 6.96. The predicted molar refractivity (Wildman–Crippen MR) is 86.7 cm³/mol. The summed E-state index contributed by atoms with van der Waals surface area (Å²) >= 11 is 5.84. The molecular formula is C15H23Cl2FN2O. The molecule has 0 saturated carbocycles. The molecule has 1 heterocycles. The van der Waals surface area contributed by atoms with E-state index in [0.29, 0.717) is 10.6 Å². The van der Waals surface area contributed by atoms with Gasteiger partial charge in [-0.1, -0.05) is 31.5 Å². The molecule has 1 saturated heterocycles. The van der Waals surface area contributed by atoms with Crippen molar-refractivity contribution in [3.63, 3.8) is 0 Å². The number of aliphatic hydroxyl groups excluding tert-OH is 1. The number of benzene rings is 1. The Morgan fingerprint density at radius 1 is 1.38 bits per heavy atom. The van der Waals surface area contributed by atoms with Gasteiger partial charge in [0.05, 0.1) is 0 Å². The molecule has 120 valence electrons. The number of nitrogens with one attached hydrogen (secondary N) is 1. The number of aliphatic hydroxyl groups is 1. The molecule has 1 aromatic rings. The van der Waals surface area contributed by atoms with E-state index in [1.54, 1.807) is 12.1 Å². The zero-order valence-corrected chi connectivity index (χ0v) is 14.0. The first-order chi connectivity index (χ1) is 9.45. The van der Waals surface area contributed by atoms with Gasteiger partial charge in [-0.25, -0.2) is 4.39 Å². The molecule has 6 heteroatoms. The van der Waals surface area contributed by atoms with E-state index in [4.69, 9.17) is 11.6 Å². The second kappa shape index (κ2) is 7.75. The summed E-state index contributed by atoms with van der Waals surface area (Å²) in [7, 11) is 0. The summed E-state index contributed by atoms with van der Waals surface area (Å²) in [6.45, 7) is 7.39. The van der Waals surface area contributed by atoms with Crippen molar-refractivity contribution in [2.45, 2.75) is 19.9 Å². The van der Waals surface area contributed by atoms with Gasteiger partial charge in [-0.3, -0.25) is 4.90 Å². The lowest BCUT2D eigenvalue weighted by Crippen LogP contribution is -2.49. The maximum absolute atomic E-state index is 14.3. The lowest BCUT2D eigenvalue weighted by atomic mass is 9.79. The maximum atomic E-state index is 14.3. The average molecular weight is 337 g/mol. The highest BCUT2D eigenvalue weighted by Crippen LogP contribution is 2.39. The Bertz CT molecular complexity index is 465. The lowest BCUT2D eigenvalue weighted by molar-refractivity contribution is 0.0286. The SMILES string of the molecule is CC(C)(CO)[C@H](c1ccc(Cl)cc1F)N1CCNCC1.Cl. The van der Waals surface area contributed by atoms with Crippen molar-refractivity contribution in [3.05, 3.63) is 34.6 Å². The Kier molecular flexibility index (Phi) is 6.88. The molecule has 0 bridgehead atoms. The van der Waals surface area contributed by atoms with Gasteiger partial charge in [-0.05, 0) is 12.1 Å². The standard InChI is InChI=1S/C15H22ClFN2O.ClH/c1-15(2,10-20)14(19-7-5-18-6-8-19)12-4-3-11(16)9-13(12)17;/h3-4,9,14,18,20H,5-8,10H2,1-2H3;1H/t14-;/m0./s1. The summed E-state index contributed by atoms with van der Waals surface area (Å²) in [6.07, 6.45) is 0. The Morgan fingerprint density at radius 3 is 2.52 bits per heavy atom. The van der Waals surface area contributed by atoms with Crippen LogP contribution in [0.4, 0.5) is 4.39 Å². The molecule has 1 aromatic carbocycles. The monoisotopic (exact) mass is 336 g/mol. The van der Waals surface area contributed by atoms with E-state index in [-0.39, 0.29) is 30.9 Å². The fourth-order valence-electron chi connectivity index (χ4n) is 2.86. The third-order valence-corrected chi connectivity index (χ3v) is 4.16. The minimum atomic E-state index is -0.425. The van der Waals surface area contributed by atoms with E-state index in [9.17, 15) is 9.50 Å². The van der Waals surface area contributed by atoms with Gasteiger partial charge in [0, 0.05) is 54.8 Å². The molecule has 2 rings (SSSR count). The first kappa shape index (κ1) is 18.7. The van der Waals surface area contributed by atoms with E-state index in [1.165, 1.54) is 6.07 Å². The highest BCUT2D eigenvalue weighted by Gasteiger charge is 2.37. The van der Waals surface area contributed by atoms with Crippen LogP contribution in [-0.2, 0) is 0 Å². The van der Waals surface area contributed by atoms with Gasteiger partial charge >= 0.3 is 0 Å². The zero-order chi connectivity index (χ0) is 14.8. The normalized spacial score (nSPS) is 18.1. The summed E-state index contributed by atoms with van der Waals surface area (Å²) in [6, 6.07) is 4.64. The molecule has 0 aromatic heterocycles. The van der Waals surface area contributed by atoms with Gasteiger partial charge in [0.25, 0.3) is 0 Å². The van der Waals surface area contributed by atoms with Gasteiger partial charge in [0.1, 0.15) is 5.82 Å². The van der Waals surface area contributed by atoms with Crippen molar-refractivity contribution >= 4 is 24.0 Å². The molecule has 0 amide bonds. The topological polar surface area (TPSA) is 35.5 Å². The predicted octanol–water partition coefficient (Wildman–Crippen LogP) is 2.87. The van der Waals surface area contributed by atoms with Crippen LogP contribution >= 0.6 is 24.0 Å². The number of halogens is 3. The third-order valence-electron chi connectivity index (χ3n) is 3.92. The van der Waals surface area contributed by atoms with E-state index in [2.05, 4.69) is 10.2 Å². The molecular weight excluding hydrogens is 314 g/mol. The fourth-order valence-corrected chi connectivity index (χ4v) is 3.02. The lowest BCUT2D eigenvalue weighted by Gasteiger charge is -2.43. The van der Waals surface area contributed by atoms with Crippen LogP contribution in [0.25, 0.3) is 0 Å². The zero-order valence-electron chi connectivity index (χ0n) is 12.4.